The van der Waals surface area contributed by atoms with Crippen LogP contribution in [-0.4, -0.2) is 5.11 Å². The zero-order valence-corrected chi connectivity index (χ0v) is 11.2. The molecular weight excluding hydrogens is 196 g/mol. The van der Waals surface area contributed by atoms with Crippen LogP contribution in [0.4, 0.5) is 0 Å². The van der Waals surface area contributed by atoms with Crippen molar-refractivity contribution in [1.29, 1.82) is 0 Å². The summed E-state index contributed by atoms with van der Waals surface area (Å²) in [4.78, 5) is 0. The third-order valence-corrected chi connectivity index (χ3v) is 3.61. The first kappa shape index (κ1) is 13.1. The van der Waals surface area contributed by atoms with Gasteiger partial charge in [0, 0.05) is 0 Å². The average molecular weight is 220 g/mol. The number of aromatic hydroxyl groups is 1. The highest BCUT2D eigenvalue weighted by atomic mass is 16.3. The summed E-state index contributed by atoms with van der Waals surface area (Å²) in [6, 6.07) is 5.91. The first-order valence-electron chi connectivity index (χ1n) is 6.09. The molecule has 1 atom stereocenters. The molecular formula is C15H24O. The van der Waals surface area contributed by atoms with Crippen LogP contribution < -0.4 is 0 Å². The lowest BCUT2D eigenvalue weighted by atomic mass is 9.79. The van der Waals surface area contributed by atoms with Crippen LogP contribution in [0.5, 0.6) is 5.75 Å². The highest BCUT2D eigenvalue weighted by Crippen LogP contribution is 2.29. The molecule has 0 fully saturated rings. The molecule has 1 aromatic carbocycles. The molecule has 0 aromatic heterocycles. The molecule has 0 saturated carbocycles. The normalized spacial score (nSPS) is 13.8. The maximum Gasteiger partial charge on any atom is 0.118 e. The van der Waals surface area contributed by atoms with E-state index in [0.29, 0.717) is 17.1 Å². The summed E-state index contributed by atoms with van der Waals surface area (Å²) < 4.78 is 0. The number of phenolic OH excluding ortho intramolecular Hbond substituents is 1. The highest BCUT2D eigenvalue weighted by Gasteiger charge is 2.19. The second-order valence-corrected chi connectivity index (χ2v) is 5.93. The van der Waals surface area contributed by atoms with Crippen LogP contribution in [0.3, 0.4) is 0 Å². The Morgan fingerprint density at radius 1 is 1.25 bits per heavy atom. The van der Waals surface area contributed by atoms with E-state index in [4.69, 9.17) is 0 Å². The van der Waals surface area contributed by atoms with Crippen molar-refractivity contribution < 1.29 is 5.11 Å². The minimum Gasteiger partial charge on any atom is -0.508 e. The molecule has 0 amide bonds. The zero-order chi connectivity index (χ0) is 12.3. The monoisotopic (exact) mass is 220 g/mol. The summed E-state index contributed by atoms with van der Waals surface area (Å²) in [6.45, 7) is 11.1. The fraction of sp³-hybridized carbons (Fsp3) is 0.600. The van der Waals surface area contributed by atoms with Crippen LogP contribution in [0.15, 0.2) is 18.2 Å². The predicted molar refractivity (Wildman–Crippen MR) is 69.8 cm³/mol. The molecule has 1 heteroatoms. The van der Waals surface area contributed by atoms with E-state index in [1.165, 1.54) is 12.0 Å². The number of phenols is 1. The van der Waals surface area contributed by atoms with Crippen LogP contribution >= 0.6 is 0 Å². The lowest BCUT2D eigenvalue weighted by molar-refractivity contribution is 0.247. The van der Waals surface area contributed by atoms with E-state index in [9.17, 15) is 5.11 Å². The number of benzene rings is 1. The van der Waals surface area contributed by atoms with E-state index in [1.54, 1.807) is 6.07 Å². The van der Waals surface area contributed by atoms with Gasteiger partial charge in [-0.1, -0.05) is 39.8 Å². The van der Waals surface area contributed by atoms with Gasteiger partial charge >= 0.3 is 0 Å². The van der Waals surface area contributed by atoms with Gasteiger partial charge in [-0.05, 0) is 48.3 Å². The van der Waals surface area contributed by atoms with Crippen LogP contribution in [0.25, 0.3) is 0 Å². The Morgan fingerprint density at radius 3 is 2.38 bits per heavy atom. The molecule has 0 radical (unpaired) electrons. The van der Waals surface area contributed by atoms with Crippen LogP contribution in [0.2, 0.25) is 0 Å². The standard InChI is InChI=1S/C15H24O/c1-11-10-13(8-9-14(11)16)7-6-12(2)15(3,4)5/h8-10,12,16H,6-7H2,1-5H3. The van der Waals surface area contributed by atoms with E-state index in [-0.39, 0.29) is 0 Å². The van der Waals surface area contributed by atoms with E-state index in [1.807, 2.05) is 13.0 Å². The Morgan fingerprint density at radius 2 is 1.88 bits per heavy atom. The fourth-order valence-corrected chi connectivity index (χ4v) is 1.69. The van der Waals surface area contributed by atoms with Crippen LogP contribution in [-0.2, 0) is 6.42 Å². The molecule has 0 saturated heterocycles. The predicted octanol–water partition coefficient (Wildman–Crippen LogP) is 4.32. The fourth-order valence-electron chi connectivity index (χ4n) is 1.69. The average Bonchev–Trinajstić information content (AvgIpc) is 2.18. The second kappa shape index (κ2) is 4.90. The topological polar surface area (TPSA) is 20.2 Å². The summed E-state index contributed by atoms with van der Waals surface area (Å²) in [7, 11) is 0. The van der Waals surface area contributed by atoms with Crippen LogP contribution in [0.1, 0.15) is 45.2 Å². The van der Waals surface area contributed by atoms with E-state index in [0.717, 1.165) is 12.0 Å². The molecule has 0 heterocycles. The molecule has 0 spiro atoms. The largest absolute Gasteiger partial charge is 0.508 e. The van der Waals surface area contributed by atoms with Crippen molar-refractivity contribution in [2.45, 2.75) is 47.5 Å². The molecule has 1 unspecified atom stereocenters. The van der Waals surface area contributed by atoms with Gasteiger partial charge in [0.2, 0.25) is 0 Å². The molecule has 1 aromatic rings. The molecule has 0 aliphatic carbocycles. The molecule has 0 bridgehead atoms. The Kier molecular flexibility index (Phi) is 4.01. The van der Waals surface area contributed by atoms with Gasteiger partial charge in [-0.3, -0.25) is 0 Å². The van der Waals surface area contributed by atoms with E-state index in [2.05, 4.69) is 33.8 Å². The number of rotatable bonds is 3. The van der Waals surface area contributed by atoms with Crippen molar-refractivity contribution in [2.24, 2.45) is 11.3 Å². The summed E-state index contributed by atoms with van der Waals surface area (Å²) >= 11 is 0. The van der Waals surface area contributed by atoms with Crippen molar-refractivity contribution in [2.75, 3.05) is 0 Å². The highest BCUT2D eigenvalue weighted by molar-refractivity contribution is 5.34. The molecule has 1 nitrogen and oxygen atoms in total. The number of aryl methyl sites for hydroxylation is 2. The van der Waals surface area contributed by atoms with E-state index < -0.39 is 0 Å². The maximum atomic E-state index is 9.45. The summed E-state index contributed by atoms with van der Waals surface area (Å²) in [6.07, 6.45) is 2.30. The SMILES string of the molecule is Cc1cc(CCC(C)C(C)(C)C)ccc1O. The Hall–Kier alpha value is -0.980. The smallest absolute Gasteiger partial charge is 0.118 e. The molecule has 1 rings (SSSR count). The first-order valence-corrected chi connectivity index (χ1v) is 6.09. The zero-order valence-electron chi connectivity index (χ0n) is 11.2. The van der Waals surface area contributed by atoms with Gasteiger partial charge in [-0.15, -0.1) is 0 Å². The summed E-state index contributed by atoms with van der Waals surface area (Å²) in [5.41, 5.74) is 2.68. The minimum absolute atomic E-state index is 0.381. The summed E-state index contributed by atoms with van der Waals surface area (Å²) in [5, 5.41) is 9.45. The van der Waals surface area contributed by atoms with Gasteiger partial charge in [0.15, 0.2) is 0 Å². The van der Waals surface area contributed by atoms with Gasteiger partial charge in [-0.2, -0.15) is 0 Å². The third kappa shape index (κ3) is 3.55. The third-order valence-electron chi connectivity index (χ3n) is 3.61. The molecule has 16 heavy (non-hydrogen) atoms. The minimum atomic E-state index is 0.381. The van der Waals surface area contributed by atoms with Crippen molar-refractivity contribution >= 4 is 0 Å². The maximum absolute atomic E-state index is 9.45. The molecule has 0 aliphatic heterocycles. The van der Waals surface area contributed by atoms with Gasteiger partial charge < -0.3 is 5.11 Å². The Labute approximate surface area is 99.5 Å². The molecule has 1 N–H and O–H groups in total. The van der Waals surface area contributed by atoms with Gasteiger partial charge in [0.05, 0.1) is 0 Å². The van der Waals surface area contributed by atoms with Gasteiger partial charge in [0.1, 0.15) is 5.75 Å². The lowest BCUT2D eigenvalue weighted by Crippen LogP contribution is -2.17. The first-order chi connectivity index (χ1) is 7.30. The lowest BCUT2D eigenvalue weighted by Gasteiger charge is -2.27. The summed E-state index contributed by atoms with van der Waals surface area (Å²) in [5.74, 6) is 1.11. The number of hydrogen-bond acceptors (Lipinski definition) is 1. The van der Waals surface area contributed by atoms with E-state index >= 15 is 0 Å². The van der Waals surface area contributed by atoms with Crippen molar-refractivity contribution in [3.8, 4) is 5.75 Å². The Balaban J connectivity index is 2.58. The quantitative estimate of drug-likeness (QED) is 0.804. The molecule has 90 valence electrons. The van der Waals surface area contributed by atoms with Gasteiger partial charge in [-0.25, -0.2) is 0 Å². The van der Waals surface area contributed by atoms with Gasteiger partial charge in [0.25, 0.3) is 0 Å². The van der Waals surface area contributed by atoms with Crippen molar-refractivity contribution in [3.63, 3.8) is 0 Å². The number of hydrogen-bond donors (Lipinski definition) is 1. The second-order valence-electron chi connectivity index (χ2n) is 5.93. The van der Waals surface area contributed by atoms with Crippen molar-refractivity contribution in [1.82, 2.24) is 0 Å². The Bertz CT molecular complexity index is 347. The van der Waals surface area contributed by atoms with Crippen molar-refractivity contribution in [3.05, 3.63) is 29.3 Å². The molecule has 0 aliphatic rings. The van der Waals surface area contributed by atoms with Crippen LogP contribution in [0, 0.1) is 18.3 Å².